The van der Waals surface area contributed by atoms with E-state index in [-0.39, 0.29) is 11.2 Å². The Bertz CT molecular complexity index is 429. The van der Waals surface area contributed by atoms with Crippen molar-refractivity contribution in [1.29, 1.82) is 0 Å². The zero-order valence-corrected chi connectivity index (χ0v) is 11.8. The van der Waals surface area contributed by atoms with E-state index in [4.69, 9.17) is 9.31 Å². The summed E-state index contributed by atoms with van der Waals surface area (Å²) in [7, 11) is -0.429. The van der Waals surface area contributed by atoms with Crippen molar-refractivity contribution in [3.8, 4) is 0 Å². The monoisotopic (exact) mass is 266 g/mol. The van der Waals surface area contributed by atoms with Crippen LogP contribution in [0, 0.1) is 0 Å². The van der Waals surface area contributed by atoms with Gasteiger partial charge >= 0.3 is 7.12 Å². The smallest absolute Gasteiger partial charge is 0.399 e. The van der Waals surface area contributed by atoms with Crippen molar-refractivity contribution < 1.29 is 18.8 Å². The van der Waals surface area contributed by atoms with Gasteiger partial charge in [0.2, 0.25) is 0 Å². The molecule has 1 atom stereocenters. The molecule has 0 aliphatic carbocycles. The molecule has 0 saturated carbocycles. The molecule has 19 heavy (non-hydrogen) atoms. The number of aliphatic hydroxyl groups is 1. The maximum Gasteiger partial charge on any atom is 0.494 e. The van der Waals surface area contributed by atoms with E-state index in [2.05, 4.69) is 0 Å². The van der Waals surface area contributed by atoms with Crippen molar-refractivity contribution in [3.63, 3.8) is 0 Å². The van der Waals surface area contributed by atoms with Crippen molar-refractivity contribution in [2.45, 2.75) is 45.0 Å². The van der Waals surface area contributed by atoms with E-state index in [9.17, 15) is 9.50 Å². The first-order chi connectivity index (χ1) is 8.77. The number of hydrogen-bond acceptors (Lipinski definition) is 3. The normalized spacial score (nSPS) is 22.5. The highest BCUT2D eigenvalue weighted by Crippen LogP contribution is 2.36. The molecule has 1 aliphatic rings. The fourth-order valence-electron chi connectivity index (χ4n) is 1.94. The molecule has 1 heterocycles. The van der Waals surface area contributed by atoms with Gasteiger partial charge in [-0.3, -0.25) is 0 Å². The molecule has 0 bridgehead atoms. The van der Waals surface area contributed by atoms with Crippen molar-refractivity contribution in [2.24, 2.45) is 0 Å². The Morgan fingerprint density at radius 1 is 1.11 bits per heavy atom. The van der Waals surface area contributed by atoms with Gasteiger partial charge in [0, 0.05) is 0 Å². The van der Waals surface area contributed by atoms with Crippen molar-refractivity contribution in [1.82, 2.24) is 0 Å². The van der Waals surface area contributed by atoms with E-state index in [0.29, 0.717) is 5.56 Å². The molecule has 1 unspecified atom stereocenters. The summed E-state index contributed by atoms with van der Waals surface area (Å²) in [4.78, 5) is 0. The summed E-state index contributed by atoms with van der Waals surface area (Å²) in [6.45, 7) is 7.20. The van der Waals surface area contributed by atoms with Crippen molar-refractivity contribution in [2.75, 3.05) is 6.67 Å². The minimum absolute atomic E-state index is 0.380. The lowest BCUT2D eigenvalue weighted by molar-refractivity contribution is 0.00578. The summed E-state index contributed by atoms with van der Waals surface area (Å²) in [6, 6.07) is 7.00. The van der Waals surface area contributed by atoms with Gasteiger partial charge in [-0.15, -0.1) is 0 Å². The SMILES string of the molecule is CC1(C)OB(c2ccc(C(O)CF)cc2)OC1(C)C. The van der Waals surface area contributed by atoms with Crippen LogP contribution in [-0.2, 0) is 9.31 Å². The van der Waals surface area contributed by atoms with Crippen molar-refractivity contribution in [3.05, 3.63) is 29.8 Å². The number of rotatable bonds is 3. The van der Waals surface area contributed by atoms with E-state index in [1.54, 1.807) is 24.3 Å². The fraction of sp³-hybridized carbons (Fsp3) is 0.571. The highest BCUT2D eigenvalue weighted by molar-refractivity contribution is 6.62. The Labute approximate surface area is 113 Å². The summed E-state index contributed by atoms with van der Waals surface area (Å²) < 4.78 is 24.2. The summed E-state index contributed by atoms with van der Waals surface area (Å²) in [5.41, 5.74) is 0.667. The zero-order chi connectivity index (χ0) is 14.3. The highest BCUT2D eigenvalue weighted by Gasteiger charge is 2.51. The predicted molar refractivity (Wildman–Crippen MR) is 73.1 cm³/mol. The second kappa shape index (κ2) is 4.89. The van der Waals surface area contributed by atoms with Gasteiger partial charge in [-0.2, -0.15) is 0 Å². The Hall–Kier alpha value is -0.905. The first-order valence-electron chi connectivity index (χ1n) is 6.46. The lowest BCUT2D eigenvalue weighted by Crippen LogP contribution is -2.41. The van der Waals surface area contributed by atoms with Crippen LogP contribution in [0.25, 0.3) is 0 Å². The van der Waals surface area contributed by atoms with Gasteiger partial charge in [0.15, 0.2) is 0 Å². The van der Waals surface area contributed by atoms with E-state index in [1.165, 1.54) is 0 Å². The topological polar surface area (TPSA) is 38.7 Å². The standard InChI is InChI=1S/C14H20BFO3/c1-13(2)14(3,4)19-15(18-13)11-7-5-10(6-8-11)12(17)9-16/h5-8,12,17H,9H2,1-4H3. The minimum atomic E-state index is -1.06. The second-order valence-electron chi connectivity index (χ2n) is 5.93. The number of halogens is 1. The van der Waals surface area contributed by atoms with Gasteiger partial charge in [0.05, 0.1) is 11.2 Å². The molecule has 5 heteroatoms. The Kier molecular flexibility index (Phi) is 3.73. The van der Waals surface area contributed by atoms with Crippen LogP contribution in [0.5, 0.6) is 0 Å². The molecular weight excluding hydrogens is 246 g/mol. The zero-order valence-electron chi connectivity index (χ0n) is 11.8. The van der Waals surface area contributed by atoms with E-state index < -0.39 is 19.9 Å². The third-order valence-corrected chi connectivity index (χ3v) is 3.99. The number of benzene rings is 1. The van der Waals surface area contributed by atoms with Crippen molar-refractivity contribution >= 4 is 12.6 Å². The summed E-state index contributed by atoms with van der Waals surface area (Å²) >= 11 is 0. The second-order valence-corrected chi connectivity index (χ2v) is 5.93. The first kappa shape index (κ1) is 14.5. The number of hydrogen-bond donors (Lipinski definition) is 1. The average molecular weight is 266 g/mol. The molecule has 1 aromatic carbocycles. The lowest BCUT2D eigenvalue weighted by atomic mass is 9.78. The van der Waals surface area contributed by atoms with Gasteiger partial charge in [-0.25, -0.2) is 4.39 Å². The summed E-state index contributed by atoms with van der Waals surface area (Å²) in [5.74, 6) is 0. The molecule has 0 amide bonds. The molecule has 1 N–H and O–H groups in total. The van der Waals surface area contributed by atoms with Gasteiger partial charge < -0.3 is 14.4 Å². The molecule has 0 spiro atoms. The van der Waals surface area contributed by atoms with Crippen LogP contribution in [0.1, 0.15) is 39.4 Å². The first-order valence-corrected chi connectivity index (χ1v) is 6.46. The molecule has 1 aliphatic heterocycles. The summed E-state index contributed by atoms with van der Waals surface area (Å²) in [6.07, 6.45) is -1.06. The maximum atomic E-state index is 12.4. The molecular formula is C14H20BFO3. The third-order valence-electron chi connectivity index (χ3n) is 3.99. The molecule has 1 saturated heterocycles. The predicted octanol–water partition coefficient (Wildman–Crippen LogP) is 1.99. The van der Waals surface area contributed by atoms with Crippen LogP contribution in [-0.4, -0.2) is 30.1 Å². The molecule has 1 aromatic rings. The van der Waals surface area contributed by atoms with Crippen LogP contribution >= 0.6 is 0 Å². The van der Waals surface area contributed by atoms with Crippen LogP contribution in [0.3, 0.4) is 0 Å². The lowest BCUT2D eigenvalue weighted by Gasteiger charge is -2.32. The fourth-order valence-corrected chi connectivity index (χ4v) is 1.94. The largest absolute Gasteiger partial charge is 0.494 e. The highest BCUT2D eigenvalue weighted by atomic mass is 19.1. The quantitative estimate of drug-likeness (QED) is 0.850. The van der Waals surface area contributed by atoms with E-state index in [1.807, 2.05) is 27.7 Å². The van der Waals surface area contributed by atoms with Crippen LogP contribution in [0.4, 0.5) is 4.39 Å². The summed E-state index contributed by atoms with van der Waals surface area (Å²) in [5, 5.41) is 9.41. The molecule has 2 rings (SSSR count). The van der Waals surface area contributed by atoms with Gasteiger partial charge in [0.1, 0.15) is 12.8 Å². The van der Waals surface area contributed by atoms with Gasteiger partial charge in [0.25, 0.3) is 0 Å². The number of alkyl halides is 1. The third kappa shape index (κ3) is 2.68. The van der Waals surface area contributed by atoms with Crippen LogP contribution in [0.15, 0.2) is 24.3 Å². The maximum absolute atomic E-state index is 12.4. The van der Waals surface area contributed by atoms with Gasteiger partial charge in [-0.1, -0.05) is 24.3 Å². The number of aliphatic hydroxyl groups excluding tert-OH is 1. The molecule has 3 nitrogen and oxygen atoms in total. The van der Waals surface area contributed by atoms with Crippen LogP contribution in [0.2, 0.25) is 0 Å². The minimum Gasteiger partial charge on any atom is -0.399 e. The Balaban J connectivity index is 2.17. The molecule has 0 radical (unpaired) electrons. The van der Waals surface area contributed by atoms with E-state index in [0.717, 1.165) is 5.46 Å². The average Bonchev–Trinajstić information content (AvgIpc) is 2.58. The molecule has 0 aromatic heterocycles. The van der Waals surface area contributed by atoms with E-state index >= 15 is 0 Å². The van der Waals surface area contributed by atoms with Gasteiger partial charge in [-0.05, 0) is 38.7 Å². The van der Waals surface area contributed by atoms with Crippen LogP contribution < -0.4 is 5.46 Å². The Morgan fingerprint density at radius 3 is 2.00 bits per heavy atom. The molecule has 104 valence electrons. The molecule has 1 fully saturated rings. The Morgan fingerprint density at radius 2 is 1.58 bits per heavy atom.